The Morgan fingerprint density at radius 1 is 0.530 bits per heavy atom. The molecule has 4 bridgehead atoms. The highest BCUT2D eigenvalue weighted by Gasteiger charge is 2.60. The number of thioether (sulfide) groups is 2. The molecule has 8 aromatic carbocycles. The summed E-state index contributed by atoms with van der Waals surface area (Å²) < 4.78 is 67.3. The molecule has 12 atom stereocenters. The Morgan fingerprint density at radius 3 is 1.33 bits per heavy atom. The van der Waals surface area contributed by atoms with Crippen LogP contribution in [0.15, 0.2) is 122 Å². The molecule has 10 aliphatic rings. The Morgan fingerprint density at radius 2 is 0.923 bits per heavy atom. The lowest BCUT2D eigenvalue weighted by Crippen LogP contribution is -2.68. The highest BCUT2D eigenvalue weighted by molar-refractivity contribution is 7.99. The fourth-order valence-corrected chi connectivity index (χ4v) is 23.4. The Balaban J connectivity index is 0.000000168. The second-order valence-corrected chi connectivity index (χ2v) is 35.1. The number of hydrogen-bond donors (Lipinski definition) is 1. The van der Waals surface area contributed by atoms with Crippen molar-refractivity contribution in [2.24, 2.45) is 11.8 Å². The maximum absolute atomic E-state index is 14.1. The third-order valence-corrected chi connectivity index (χ3v) is 29.2. The van der Waals surface area contributed by atoms with Gasteiger partial charge in [0.15, 0.2) is 36.6 Å². The van der Waals surface area contributed by atoms with Gasteiger partial charge in [0.25, 0.3) is 0 Å². The third kappa shape index (κ3) is 13.5. The number of esters is 2. The van der Waals surface area contributed by atoms with Crippen molar-refractivity contribution >= 4 is 35.5 Å². The Hall–Kier alpha value is -9.72. The second kappa shape index (κ2) is 32.9. The molecule has 0 saturated carbocycles. The van der Waals surface area contributed by atoms with E-state index in [2.05, 4.69) is 189 Å². The number of phenols is 1. The summed E-state index contributed by atoms with van der Waals surface area (Å²) in [7, 11) is 7.47. The average Bonchev–Trinajstić information content (AvgIpc) is 1.65. The van der Waals surface area contributed by atoms with E-state index < -0.39 is 24.2 Å². The Bertz CT molecular complexity index is 5260. The largest absolute Gasteiger partial charge is 0.507 e. The fraction of sp³-hybridized carbons (Fsp3) is 0.432. The van der Waals surface area contributed by atoms with Crippen molar-refractivity contribution in [3.05, 3.63) is 222 Å². The lowest BCUT2D eigenvalue weighted by Gasteiger charge is -2.60. The van der Waals surface area contributed by atoms with Gasteiger partial charge in [0.2, 0.25) is 13.6 Å². The van der Waals surface area contributed by atoms with Gasteiger partial charge in [-0.05, 0) is 159 Å². The SMILES string of the molecule is C=CCOc1c(C)c2c(c3c1CC1[C@H]4c5c(cc(C)c(C)c5OCOC)C[C@@H]([C@H](C#N)N1[C@H]3COC(=O)[C@H](C)CSCC1c3ccccc3-c3ccccc31)N4C)OCO2.COCOc1c(C)c(C)cc2c1[C@@H]1C3Cc4c(O)c(C)c5c(c4[C@H](COC(=O)[C@H](C)CSCC4c6ccccc6-c6ccccc64)N3[C@@H](C#N)[C@H](C2)N1C)OCO5. The number of ether oxygens (including phenoxy) is 11. The van der Waals surface area contributed by atoms with Gasteiger partial charge in [-0.15, -0.1) is 0 Å². The number of carbonyl (C=O) groups excluding carboxylic acids is 2. The quantitative estimate of drug-likeness (QED) is 0.0358. The number of hydrogen-bond acceptors (Lipinski definition) is 22. The molecule has 2 aliphatic carbocycles. The zero-order valence-electron chi connectivity index (χ0n) is 68.6. The van der Waals surface area contributed by atoms with E-state index in [1.54, 1.807) is 43.8 Å². The zero-order chi connectivity index (χ0) is 81.5. The van der Waals surface area contributed by atoms with E-state index in [-0.39, 0.29) is 118 Å². The lowest BCUT2D eigenvalue weighted by molar-refractivity contribution is -0.153. The van der Waals surface area contributed by atoms with Crippen molar-refractivity contribution in [3.8, 4) is 80.4 Å². The van der Waals surface area contributed by atoms with Gasteiger partial charge < -0.3 is 57.2 Å². The normalized spacial score (nSPS) is 23.1. The number of aromatic hydroxyl groups is 1. The van der Waals surface area contributed by atoms with E-state index in [1.807, 2.05) is 27.7 Å². The van der Waals surface area contributed by atoms with E-state index in [0.717, 1.165) is 95.5 Å². The summed E-state index contributed by atoms with van der Waals surface area (Å²) in [5.74, 6) is 6.99. The molecular weight excluding hydrogens is 1510 g/mol. The monoisotopic (exact) mass is 1610 g/mol. The van der Waals surface area contributed by atoms with Crippen molar-refractivity contribution in [2.45, 2.75) is 153 Å². The van der Waals surface area contributed by atoms with Gasteiger partial charge in [-0.25, -0.2) is 0 Å². The van der Waals surface area contributed by atoms with E-state index in [0.29, 0.717) is 72.4 Å². The van der Waals surface area contributed by atoms with Crippen LogP contribution in [0.2, 0.25) is 0 Å². The molecule has 18 rings (SSSR count). The van der Waals surface area contributed by atoms with Crippen LogP contribution in [-0.4, -0.2) is 171 Å². The first-order valence-corrected chi connectivity index (χ1v) is 43.1. The van der Waals surface area contributed by atoms with Crippen LogP contribution in [0.5, 0.6) is 46.0 Å². The number of likely N-dealkylation sites (N-methyl/N-ethyl adjacent to an activating group) is 2. The summed E-state index contributed by atoms with van der Waals surface area (Å²) in [6, 6.07) is 41.1. The standard InChI is InChI=1S/C49H53N3O7S.C46H49N3O7S/c1-8-17-55-45-30(5)47-48(59-26-58-47)43-36(45)20-39-44-42-31(18-27(2)29(4)46(42)57-25-54-7)19-38(51(44)6)40(21-50)52(39)41(43)22-56-49(53)28(3)23-60-24-37-34-15-11-9-13-32(34)33-14-10-12-16-35(33)37;1-24-15-28-16-35-37(18-47)49-36(41(48(35)5)39(28)43(26(24)3)54-22-52-6)17-33-40(45-44(55-23-56-45)27(4)42(33)50)38(49)19-53-46(51)25(2)20-57-21-34-31-13-9-7-11-29(31)30-12-8-10-14-32(30)34/h8-16,18,28,37-41,44H,1,17,19-20,22-26H2,2-7H3;7-15,25,34-38,41,50H,16-17,19-23H2,1-6H3/t28-,38+,39?,40+,41+,44+;25-,35+,36?,37+,38+,41+/m11/s1. The number of piperazine rings is 2. The number of rotatable bonds is 23. The van der Waals surface area contributed by atoms with E-state index in [4.69, 9.17) is 52.1 Å². The molecule has 1 N–H and O–H groups in total. The van der Waals surface area contributed by atoms with Gasteiger partial charge in [-0.3, -0.25) is 29.2 Å². The number of methoxy groups -OCH3 is 2. The first kappa shape index (κ1) is 79.7. The first-order chi connectivity index (χ1) is 56.8. The minimum atomic E-state index is -0.573. The Labute approximate surface area is 694 Å². The molecule has 20 nitrogen and oxygen atoms in total. The van der Waals surface area contributed by atoms with Crippen LogP contribution < -0.4 is 33.2 Å². The highest BCUT2D eigenvalue weighted by atomic mass is 32.2. The molecule has 0 radical (unpaired) electrons. The molecule has 8 aliphatic heterocycles. The van der Waals surface area contributed by atoms with Crippen molar-refractivity contribution in [1.82, 2.24) is 19.6 Å². The maximum Gasteiger partial charge on any atom is 0.309 e. The van der Waals surface area contributed by atoms with Crippen LogP contribution >= 0.6 is 23.5 Å². The van der Waals surface area contributed by atoms with Gasteiger partial charge in [0.1, 0.15) is 54.9 Å². The van der Waals surface area contributed by atoms with Crippen molar-refractivity contribution < 1.29 is 66.8 Å². The Kier molecular flexibility index (Phi) is 22.4. The van der Waals surface area contributed by atoms with Crippen LogP contribution in [-0.2, 0) is 54.2 Å². The predicted molar refractivity (Wildman–Crippen MR) is 450 cm³/mol. The molecule has 8 heterocycles. The van der Waals surface area contributed by atoms with Crippen molar-refractivity contribution in [3.63, 3.8) is 0 Å². The molecule has 2 unspecified atom stereocenters. The van der Waals surface area contributed by atoms with Crippen LogP contribution in [0.25, 0.3) is 22.3 Å². The summed E-state index contributed by atoms with van der Waals surface area (Å²) in [4.78, 5) is 37.3. The zero-order valence-corrected chi connectivity index (χ0v) is 70.3. The first-order valence-electron chi connectivity index (χ1n) is 40.8. The number of phenolic OH excluding ortho intramolecular Hbond substituents is 1. The molecule has 22 heteroatoms. The summed E-state index contributed by atoms with van der Waals surface area (Å²) in [5, 5.41) is 34.1. The van der Waals surface area contributed by atoms with Crippen molar-refractivity contribution in [2.75, 3.05) is 98.3 Å². The summed E-state index contributed by atoms with van der Waals surface area (Å²) in [6.45, 7) is 20.7. The van der Waals surface area contributed by atoms with Gasteiger partial charge in [0.05, 0.1) is 48.1 Å². The van der Waals surface area contributed by atoms with Gasteiger partial charge in [-0.1, -0.05) is 136 Å². The number of carbonyl (C=O) groups is 2. The predicted octanol–water partition coefficient (Wildman–Crippen LogP) is 15.9. The smallest absolute Gasteiger partial charge is 0.309 e. The molecule has 2 fully saturated rings. The summed E-state index contributed by atoms with van der Waals surface area (Å²) in [5.41, 5.74) is 24.2. The van der Waals surface area contributed by atoms with Crippen molar-refractivity contribution in [1.29, 1.82) is 10.5 Å². The van der Waals surface area contributed by atoms with Gasteiger partial charge in [0, 0.05) is 118 Å². The number of nitrogens with zero attached hydrogens (tertiary/aromatic N) is 6. The van der Waals surface area contributed by atoms with Crippen LogP contribution in [0.1, 0.15) is 150 Å². The summed E-state index contributed by atoms with van der Waals surface area (Å²) >= 11 is 3.56. The number of aryl methyl sites for hydroxylation is 2. The molecule has 8 aromatic rings. The fourth-order valence-electron chi connectivity index (χ4n) is 21.0. The van der Waals surface area contributed by atoms with E-state index in [9.17, 15) is 25.2 Å². The maximum atomic E-state index is 14.1. The van der Waals surface area contributed by atoms with E-state index in [1.165, 1.54) is 50.1 Å². The molecule has 608 valence electrons. The number of nitriles is 2. The van der Waals surface area contributed by atoms with Gasteiger partial charge in [-0.2, -0.15) is 34.0 Å². The molecule has 0 amide bonds. The van der Waals surface area contributed by atoms with E-state index >= 15 is 0 Å². The van der Waals surface area contributed by atoms with Crippen LogP contribution in [0.3, 0.4) is 0 Å². The molecule has 0 spiro atoms. The number of benzene rings is 8. The minimum Gasteiger partial charge on any atom is -0.507 e. The lowest BCUT2D eigenvalue weighted by atomic mass is 9.71. The topological polar surface area (TPSA) is 216 Å². The third-order valence-electron chi connectivity index (χ3n) is 26.6. The molecule has 2 saturated heterocycles. The molecule has 117 heavy (non-hydrogen) atoms. The van der Waals surface area contributed by atoms with Gasteiger partial charge >= 0.3 is 11.9 Å². The summed E-state index contributed by atoms with van der Waals surface area (Å²) in [6.07, 6.45) is 4.05. The minimum absolute atomic E-state index is 0.00678. The second-order valence-electron chi connectivity index (χ2n) is 33.0. The molecule has 0 aromatic heterocycles. The molecular formula is C95H102N6O14S2. The van der Waals surface area contributed by atoms with Crippen LogP contribution in [0, 0.1) is 76.0 Å². The average molecular weight is 1620 g/mol. The number of fused-ring (bicyclic) bond motifs is 24. The van der Waals surface area contributed by atoms with Crippen LogP contribution in [0.4, 0.5) is 0 Å². The highest BCUT2D eigenvalue weighted by Crippen LogP contribution is 2.62.